The lowest BCUT2D eigenvalue weighted by atomic mass is 10.2. The van der Waals surface area contributed by atoms with Gasteiger partial charge in [-0.05, 0) is 30.2 Å². The Bertz CT molecular complexity index is 794. The van der Waals surface area contributed by atoms with E-state index in [1.807, 2.05) is 13.8 Å². The fourth-order valence-electron chi connectivity index (χ4n) is 2.44. The molecule has 0 fully saturated rings. The fraction of sp³-hybridized carbons (Fsp3) is 0.350. The van der Waals surface area contributed by atoms with Gasteiger partial charge in [-0.25, -0.2) is 0 Å². The fourth-order valence-corrected chi connectivity index (χ4v) is 2.44. The Morgan fingerprint density at radius 1 is 1.30 bits per heavy atom. The monoisotopic (exact) mass is 369 g/mol. The molecule has 0 aliphatic carbocycles. The van der Waals surface area contributed by atoms with Gasteiger partial charge in [0.05, 0.1) is 18.8 Å². The highest BCUT2D eigenvalue weighted by atomic mass is 16.5. The Labute approximate surface area is 158 Å². The molecule has 1 N–H and O–H groups in total. The van der Waals surface area contributed by atoms with Crippen molar-refractivity contribution in [1.29, 1.82) is 5.26 Å². The number of carbonyl (C=O) groups excluding carboxylic acids is 2. The summed E-state index contributed by atoms with van der Waals surface area (Å²) in [5.41, 5.74) is 0.532. The number of ether oxygens (including phenoxy) is 1. The summed E-state index contributed by atoms with van der Waals surface area (Å²) in [7, 11) is 0. The number of hydrogen-bond donors (Lipinski definition) is 1. The van der Waals surface area contributed by atoms with Gasteiger partial charge in [-0.2, -0.15) is 5.26 Å². The second kappa shape index (κ2) is 10.0. The van der Waals surface area contributed by atoms with Crippen LogP contribution in [-0.4, -0.2) is 36.4 Å². The van der Waals surface area contributed by atoms with Crippen LogP contribution in [0, 0.1) is 17.2 Å². The normalized spacial score (nSPS) is 10.3. The molecule has 0 atom stereocenters. The zero-order valence-corrected chi connectivity index (χ0v) is 15.5. The predicted molar refractivity (Wildman–Crippen MR) is 100 cm³/mol. The maximum Gasteiger partial charge on any atom is 0.291 e. The van der Waals surface area contributed by atoms with Crippen LogP contribution in [0.15, 0.2) is 47.1 Å². The van der Waals surface area contributed by atoms with E-state index in [4.69, 9.17) is 14.4 Å². The quantitative estimate of drug-likeness (QED) is 0.731. The van der Waals surface area contributed by atoms with Crippen LogP contribution in [-0.2, 0) is 4.79 Å². The van der Waals surface area contributed by atoms with Gasteiger partial charge in [-0.1, -0.05) is 19.9 Å². The number of rotatable bonds is 9. The van der Waals surface area contributed by atoms with E-state index in [0.717, 1.165) is 0 Å². The summed E-state index contributed by atoms with van der Waals surface area (Å²) in [6.07, 6.45) is 1.71. The van der Waals surface area contributed by atoms with Crippen LogP contribution < -0.4 is 10.1 Å². The van der Waals surface area contributed by atoms with Gasteiger partial charge in [-0.15, -0.1) is 0 Å². The number of hydrogen-bond acceptors (Lipinski definition) is 5. The molecule has 0 unspecified atom stereocenters. The Kier molecular flexibility index (Phi) is 7.44. The first-order valence-electron chi connectivity index (χ1n) is 8.72. The summed E-state index contributed by atoms with van der Waals surface area (Å²) in [6.45, 7) is 4.85. The van der Waals surface area contributed by atoms with Gasteiger partial charge in [0.2, 0.25) is 0 Å². The minimum absolute atomic E-state index is 0.131. The lowest BCUT2D eigenvalue weighted by Crippen LogP contribution is -2.38. The molecule has 0 radical (unpaired) electrons. The third kappa shape index (κ3) is 6.51. The molecule has 27 heavy (non-hydrogen) atoms. The summed E-state index contributed by atoms with van der Waals surface area (Å²) >= 11 is 0. The van der Waals surface area contributed by atoms with E-state index in [1.54, 1.807) is 41.3 Å². The molecule has 0 bridgehead atoms. The van der Waals surface area contributed by atoms with Crippen molar-refractivity contribution in [2.45, 2.75) is 20.3 Å². The molecule has 1 aromatic heterocycles. The van der Waals surface area contributed by atoms with Crippen molar-refractivity contribution in [3.8, 4) is 11.8 Å². The number of furan rings is 1. The lowest BCUT2D eigenvalue weighted by Gasteiger charge is -2.23. The first-order valence-corrected chi connectivity index (χ1v) is 8.72. The van der Waals surface area contributed by atoms with E-state index >= 15 is 0 Å². The van der Waals surface area contributed by atoms with Crippen molar-refractivity contribution in [1.82, 2.24) is 4.90 Å². The van der Waals surface area contributed by atoms with Crippen molar-refractivity contribution < 1.29 is 18.7 Å². The van der Waals surface area contributed by atoms with Crippen LogP contribution in [0.1, 0.15) is 30.8 Å². The van der Waals surface area contributed by atoms with E-state index in [2.05, 4.69) is 11.4 Å². The number of carbonyl (C=O) groups is 2. The third-order valence-electron chi connectivity index (χ3n) is 3.63. The number of benzene rings is 1. The van der Waals surface area contributed by atoms with E-state index in [1.165, 1.54) is 6.26 Å². The highest BCUT2D eigenvalue weighted by molar-refractivity contribution is 6.02. The molecule has 2 amide bonds. The van der Waals surface area contributed by atoms with Crippen molar-refractivity contribution in [3.05, 3.63) is 48.4 Å². The standard InChI is InChI=1S/C20H23N3O4/c1-15(2)13-23(10-5-9-21)19(24)14-27-17-7-3-6-16(12-17)22-20(25)18-8-4-11-26-18/h3-4,6-8,11-12,15H,5,10,13-14H2,1-2H3,(H,22,25). The van der Waals surface area contributed by atoms with Crippen molar-refractivity contribution in [3.63, 3.8) is 0 Å². The summed E-state index contributed by atoms with van der Waals surface area (Å²) in [5.74, 6) is 0.424. The van der Waals surface area contributed by atoms with Gasteiger partial charge >= 0.3 is 0 Å². The molecule has 0 spiro atoms. The molecule has 0 saturated carbocycles. The molecule has 1 heterocycles. The van der Waals surface area contributed by atoms with Crippen LogP contribution in [0.5, 0.6) is 5.75 Å². The maximum atomic E-state index is 12.4. The van der Waals surface area contributed by atoms with Crippen molar-refractivity contribution in [2.24, 2.45) is 5.92 Å². The van der Waals surface area contributed by atoms with Gasteiger partial charge < -0.3 is 19.4 Å². The second-order valence-electron chi connectivity index (χ2n) is 6.39. The Balaban J connectivity index is 1.93. The minimum atomic E-state index is -0.368. The summed E-state index contributed by atoms with van der Waals surface area (Å²) < 4.78 is 10.6. The van der Waals surface area contributed by atoms with Crippen LogP contribution in [0.3, 0.4) is 0 Å². The number of nitrogens with zero attached hydrogens (tertiary/aromatic N) is 2. The van der Waals surface area contributed by atoms with Crippen molar-refractivity contribution >= 4 is 17.5 Å². The average molecular weight is 369 g/mol. The van der Waals surface area contributed by atoms with Crippen LogP contribution >= 0.6 is 0 Å². The lowest BCUT2D eigenvalue weighted by molar-refractivity contribution is -0.133. The molecule has 142 valence electrons. The summed E-state index contributed by atoms with van der Waals surface area (Å²) in [6, 6.07) is 12.0. The zero-order valence-electron chi connectivity index (χ0n) is 15.5. The SMILES string of the molecule is CC(C)CN(CCC#N)C(=O)COc1cccc(NC(=O)c2ccco2)c1. The van der Waals surface area contributed by atoms with E-state index in [9.17, 15) is 9.59 Å². The van der Waals surface area contributed by atoms with Gasteiger partial charge in [0, 0.05) is 24.8 Å². The second-order valence-corrected chi connectivity index (χ2v) is 6.39. The molecule has 7 nitrogen and oxygen atoms in total. The first-order chi connectivity index (χ1) is 13.0. The zero-order chi connectivity index (χ0) is 19.6. The van der Waals surface area contributed by atoms with Gasteiger partial charge in [-0.3, -0.25) is 9.59 Å². The molecule has 7 heteroatoms. The smallest absolute Gasteiger partial charge is 0.291 e. The van der Waals surface area contributed by atoms with Crippen LogP contribution in [0.4, 0.5) is 5.69 Å². The predicted octanol–water partition coefficient (Wildman–Crippen LogP) is 3.31. The van der Waals surface area contributed by atoms with E-state index in [0.29, 0.717) is 30.4 Å². The summed E-state index contributed by atoms with van der Waals surface area (Å²) in [4.78, 5) is 26.0. The molecule has 1 aromatic carbocycles. The molecule has 0 saturated heterocycles. The Hall–Kier alpha value is -3.27. The van der Waals surface area contributed by atoms with Gasteiger partial charge in [0.25, 0.3) is 11.8 Å². The summed E-state index contributed by atoms with van der Waals surface area (Å²) in [5, 5.41) is 11.5. The average Bonchev–Trinajstić information content (AvgIpc) is 3.18. The topological polar surface area (TPSA) is 95.6 Å². The first kappa shape index (κ1) is 20.0. The Morgan fingerprint density at radius 3 is 2.78 bits per heavy atom. The van der Waals surface area contributed by atoms with Crippen molar-refractivity contribution in [2.75, 3.05) is 25.0 Å². The van der Waals surface area contributed by atoms with Crippen LogP contribution in [0.2, 0.25) is 0 Å². The van der Waals surface area contributed by atoms with Crippen LogP contribution in [0.25, 0.3) is 0 Å². The maximum absolute atomic E-state index is 12.4. The van der Waals surface area contributed by atoms with E-state index in [-0.39, 0.29) is 30.6 Å². The largest absolute Gasteiger partial charge is 0.484 e. The highest BCUT2D eigenvalue weighted by Gasteiger charge is 2.15. The molecule has 2 aromatic rings. The Morgan fingerprint density at radius 2 is 2.11 bits per heavy atom. The molecule has 0 aliphatic heterocycles. The number of amides is 2. The molecular formula is C20H23N3O4. The number of anilines is 1. The third-order valence-corrected chi connectivity index (χ3v) is 3.63. The molecule has 2 rings (SSSR count). The minimum Gasteiger partial charge on any atom is -0.484 e. The van der Waals surface area contributed by atoms with Gasteiger partial charge in [0.1, 0.15) is 5.75 Å². The number of nitrogens with one attached hydrogen (secondary N) is 1. The highest BCUT2D eigenvalue weighted by Crippen LogP contribution is 2.18. The van der Waals surface area contributed by atoms with E-state index < -0.39 is 0 Å². The van der Waals surface area contributed by atoms with Gasteiger partial charge in [0.15, 0.2) is 12.4 Å². The molecule has 0 aliphatic rings. The number of nitriles is 1. The molecular weight excluding hydrogens is 346 g/mol.